The Balaban J connectivity index is 1.69. The van der Waals surface area contributed by atoms with Gasteiger partial charge in [0.25, 0.3) is 0 Å². The first-order valence-electron chi connectivity index (χ1n) is 6.85. The molecule has 0 saturated carbocycles. The van der Waals surface area contributed by atoms with Crippen LogP contribution in [0, 0.1) is 0 Å². The van der Waals surface area contributed by atoms with Crippen molar-refractivity contribution in [3.05, 3.63) is 24.0 Å². The first-order valence-corrected chi connectivity index (χ1v) is 6.85. The Kier molecular flexibility index (Phi) is 5.08. The van der Waals surface area contributed by atoms with Crippen LogP contribution in [0.3, 0.4) is 0 Å². The van der Waals surface area contributed by atoms with Crippen molar-refractivity contribution in [2.45, 2.75) is 51.8 Å². The highest BCUT2D eigenvalue weighted by molar-refractivity contribution is 5.09. The van der Waals surface area contributed by atoms with Crippen molar-refractivity contribution in [2.24, 2.45) is 0 Å². The van der Waals surface area contributed by atoms with Gasteiger partial charge in [0.05, 0.1) is 6.10 Å². The van der Waals surface area contributed by atoms with E-state index in [1.54, 1.807) is 0 Å². The van der Waals surface area contributed by atoms with Gasteiger partial charge < -0.3 is 14.6 Å². The molecule has 1 aromatic heterocycles. The fourth-order valence-electron chi connectivity index (χ4n) is 2.31. The van der Waals surface area contributed by atoms with E-state index < -0.39 is 0 Å². The van der Waals surface area contributed by atoms with E-state index in [2.05, 4.69) is 35.3 Å². The molecule has 1 aliphatic rings. The van der Waals surface area contributed by atoms with Gasteiger partial charge in [-0.1, -0.05) is 6.92 Å². The van der Waals surface area contributed by atoms with E-state index in [1.807, 2.05) is 0 Å². The summed E-state index contributed by atoms with van der Waals surface area (Å²) in [6, 6.07) is 2.21. The zero-order valence-electron chi connectivity index (χ0n) is 10.8. The Bertz CT molecular complexity index is 316. The predicted octanol–water partition coefficient (Wildman–Crippen LogP) is 2.56. The maximum absolute atomic E-state index is 5.64. The lowest BCUT2D eigenvalue weighted by atomic mass is 10.2. The molecule has 2 heterocycles. The molecule has 96 valence electrons. The van der Waals surface area contributed by atoms with Gasteiger partial charge in [-0.15, -0.1) is 0 Å². The summed E-state index contributed by atoms with van der Waals surface area (Å²) >= 11 is 0. The fraction of sp³-hybridized carbons (Fsp3) is 0.714. The van der Waals surface area contributed by atoms with Crippen LogP contribution >= 0.6 is 0 Å². The molecular weight excluding hydrogens is 212 g/mol. The van der Waals surface area contributed by atoms with Crippen LogP contribution in [0.4, 0.5) is 0 Å². The Morgan fingerprint density at radius 1 is 1.53 bits per heavy atom. The summed E-state index contributed by atoms with van der Waals surface area (Å²) in [6.45, 7) is 6.32. The summed E-state index contributed by atoms with van der Waals surface area (Å²) in [7, 11) is 0. The summed E-state index contributed by atoms with van der Waals surface area (Å²) < 4.78 is 7.92. The van der Waals surface area contributed by atoms with Gasteiger partial charge in [0.1, 0.15) is 0 Å². The molecule has 2 rings (SSSR count). The quantitative estimate of drug-likeness (QED) is 0.736. The summed E-state index contributed by atoms with van der Waals surface area (Å²) in [5.41, 5.74) is 1.38. The van der Waals surface area contributed by atoms with Crippen LogP contribution in [0.2, 0.25) is 0 Å². The van der Waals surface area contributed by atoms with Gasteiger partial charge in [-0.25, -0.2) is 0 Å². The van der Waals surface area contributed by atoms with Crippen molar-refractivity contribution in [1.29, 1.82) is 0 Å². The van der Waals surface area contributed by atoms with E-state index >= 15 is 0 Å². The highest BCUT2D eigenvalue weighted by atomic mass is 16.5. The number of hydrogen-bond acceptors (Lipinski definition) is 2. The van der Waals surface area contributed by atoms with Crippen LogP contribution in [0.1, 0.15) is 38.2 Å². The summed E-state index contributed by atoms with van der Waals surface area (Å²) in [5.74, 6) is 0. The Labute approximate surface area is 104 Å². The third-order valence-electron chi connectivity index (χ3n) is 3.30. The molecule has 1 fully saturated rings. The highest BCUT2D eigenvalue weighted by Crippen LogP contribution is 2.16. The van der Waals surface area contributed by atoms with Gasteiger partial charge in [0.15, 0.2) is 0 Å². The van der Waals surface area contributed by atoms with Crippen molar-refractivity contribution < 1.29 is 4.74 Å². The third-order valence-corrected chi connectivity index (χ3v) is 3.30. The fourth-order valence-corrected chi connectivity index (χ4v) is 2.31. The molecule has 1 N–H and O–H groups in total. The van der Waals surface area contributed by atoms with Crippen LogP contribution in [0.15, 0.2) is 18.5 Å². The molecule has 1 aromatic rings. The average Bonchev–Trinajstić information content (AvgIpc) is 2.98. The standard InChI is InChI=1S/C14H24N2O/c1-2-7-15-11-13-5-8-16(12-13)9-6-14-4-3-10-17-14/h5,8,12,14-15H,2-4,6-7,9-11H2,1H3. The lowest BCUT2D eigenvalue weighted by Crippen LogP contribution is -2.13. The topological polar surface area (TPSA) is 26.2 Å². The van der Waals surface area contributed by atoms with Crippen LogP contribution in [-0.4, -0.2) is 23.8 Å². The molecule has 3 heteroatoms. The van der Waals surface area contributed by atoms with Crippen molar-refractivity contribution in [1.82, 2.24) is 9.88 Å². The van der Waals surface area contributed by atoms with E-state index in [1.165, 1.54) is 24.8 Å². The Hall–Kier alpha value is -0.800. The van der Waals surface area contributed by atoms with Crippen LogP contribution in [0.25, 0.3) is 0 Å². The minimum absolute atomic E-state index is 0.499. The van der Waals surface area contributed by atoms with Gasteiger partial charge in [-0.3, -0.25) is 0 Å². The SMILES string of the molecule is CCCNCc1ccn(CCC2CCCO2)c1. The number of nitrogens with one attached hydrogen (secondary N) is 1. The number of rotatable bonds is 7. The van der Waals surface area contributed by atoms with Crippen molar-refractivity contribution >= 4 is 0 Å². The first kappa shape index (κ1) is 12.7. The van der Waals surface area contributed by atoms with Crippen molar-refractivity contribution in [3.63, 3.8) is 0 Å². The summed E-state index contributed by atoms with van der Waals surface area (Å²) in [5, 5.41) is 3.42. The first-order chi connectivity index (χ1) is 8.38. The number of ether oxygens (including phenoxy) is 1. The number of nitrogens with zero attached hydrogens (tertiary/aromatic N) is 1. The normalized spacial score (nSPS) is 19.9. The van der Waals surface area contributed by atoms with E-state index in [-0.39, 0.29) is 0 Å². The molecule has 1 unspecified atom stereocenters. The minimum Gasteiger partial charge on any atom is -0.378 e. The molecule has 3 nitrogen and oxygen atoms in total. The molecule has 0 spiro atoms. The highest BCUT2D eigenvalue weighted by Gasteiger charge is 2.14. The monoisotopic (exact) mass is 236 g/mol. The lowest BCUT2D eigenvalue weighted by Gasteiger charge is -2.09. The Morgan fingerprint density at radius 3 is 3.24 bits per heavy atom. The minimum atomic E-state index is 0.499. The van der Waals surface area contributed by atoms with E-state index in [0.717, 1.165) is 32.7 Å². The molecule has 1 aliphatic heterocycles. The second-order valence-corrected chi connectivity index (χ2v) is 4.86. The second-order valence-electron chi connectivity index (χ2n) is 4.86. The third kappa shape index (κ3) is 4.17. The van der Waals surface area contributed by atoms with Gasteiger partial charge in [0, 0.05) is 32.1 Å². The van der Waals surface area contributed by atoms with Crippen LogP contribution in [-0.2, 0) is 17.8 Å². The van der Waals surface area contributed by atoms with Gasteiger partial charge in [-0.2, -0.15) is 0 Å². The van der Waals surface area contributed by atoms with Gasteiger partial charge >= 0.3 is 0 Å². The zero-order valence-corrected chi connectivity index (χ0v) is 10.8. The molecule has 0 aliphatic carbocycles. The molecule has 1 saturated heterocycles. The van der Waals surface area contributed by atoms with E-state index in [9.17, 15) is 0 Å². The van der Waals surface area contributed by atoms with E-state index in [4.69, 9.17) is 4.74 Å². The Morgan fingerprint density at radius 2 is 2.47 bits per heavy atom. The molecule has 0 bridgehead atoms. The summed E-state index contributed by atoms with van der Waals surface area (Å²) in [6.07, 6.45) is 9.75. The molecule has 1 atom stereocenters. The van der Waals surface area contributed by atoms with E-state index in [0.29, 0.717) is 6.10 Å². The molecule has 0 radical (unpaired) electrons. The van der Waals surface area contributed by atoms with Gasteiger partial charge in [0.2, 0.25) is 0 Å². The van der Waals surface area contributed by atoms with Crippen molar-refractivity contribution in [3.8, 4) is 0 Å². The smallest absolute Gasteiger partial charge is 0.0593 e. The number of aromatic nitrogens is 1. The molecule has 0 aromatic carbocycles. The average molecular weight is 236 g/mol. The summed E-state index contributed by atoms with van der Waals surface area (Å²) in [4.78, 5) is 0. The largest absolute Gasteiger partial charge is 0.378 e. The van der Waals surface area contributed by atoms with Crippen LogP contribution in [0.5, 0.6) is 0 Å². The van der Waals surface area contributed by atoms with Crippen molar-refractivity contribution in [2.75, 3.05) is 13.2 Å². The zero-order chi connectivity index (χ0) is 11.9. The number of hydrogen-bond donors (Lipinski definition) is 1. The molecule has 17 heavy (non-hydrogen) atoms. The maximum atomic E-state index is 5.64. The van der Waals surface area contributed by atoms with Crippen LogP contribution < -0.4 is 5.32 Å². The number of aryl methyl sites for hydroxylation is 1. The van der Waals surface area contributed by atoms with Gasteiger partial charge in [-0.05, 0) is 43.9 Å². The lowest BCUT2D eigenvalue weighted by molar-refractivity contribution is 0.100. The molecule has 0 amide bonds. The second kappa shape index (κ2) is 6.82. The predicted molar refractivity (Wildman–Crippen MR) is 70.0 cm³/mol. The maximum Gasteiger partial charge on any atom is 0.0593 e. The molecular formula is C14H24N2O.